The first-order valence-corrected chi connectivity index (χ1v) is 13.3. The van der Waals surface area contributed by atoms with E-state index in [0.717, 1.165) is 34.4 Å². The zero-order valence-corrected chi connectivity index (χ0v) is 24.5. The van der Waals surface area contributed by atoms with Crippen LogP contribution in [0.3, 0.4) is 0 Å². The monoisotopic (exact) mass is 564 g/mol. The summed E-state index contributed by atoms with van der Waals surface area (Å²) in [5, 5.41) is 20.2. The molecule has 0 bridgehead atoms. The molecule has 2 N–H and O–H groups in total. The second kappa shape index (κ2) is 15.0. The fourth-order valence-electron chi connectivity index (χ4n) is 3.89. The van der Waals surface area contributed by atoms with E-state index >= 15 is 0 Å². The van der Waals surface area contributed by atoms with Crippen LogP contribution >= 0.6 is 0 Å². The normalized spacial score (nSPS) is 14.6. The van der Waals surface area contributed by atoms with Crippen molar-refractivity contribution in [2.75, 3.05) is 0 Å². The van der Waals surface area contributed by atoms with E-state index in [0.29, 0.717) is 11.5 Å². The molecule has 2 aromatic rings. The van der Waals surface area contributed by atoms with Crippen molar-refractivity contribution in [1.82, 2.24) is 0 Å². The Hall–Kier alpha value is -4.14. The van der Waals surface area contributed by atoms with Crippen molar-refractivity contribution in [1.29, 1.82) is 0 Å². The number of carbonyl (C=O) groups is 2. The first-order chi connectivity index (χ1) is 19.4. The van der Waals surface area contributed by atoms with Gasteiger partial charge in [-0.2, -0.15) is 0 Å². The van der Waals surface area contributed by atoms with Crippen LogP contribution in [0.1, 0.15) is 63.8 Å². The molecule has 0 aliphatic heterocycles. The lowest BCUT2D eigenvalue weighted by atomic mass is 9.77. The predicted octanol–water partition coefficient (Wildman–Crippen LogP) is 5.71. The minimum Gasteiger partial charge on any atom is -0.451 e. The van der Waals surface area contributed by atoms with Gasteiger partial charge in [-0.25, -0.2) is 9.59 Å². The Morgan fingerprint density at radius 3 is 1.41 bits per heavy atom. The highest BCUT2D eigenvalue weighted by Crippen LogP contribution is 2.37. The van der Waals surface area contributed by atoms with Crippen molar-refractivity contribution in [3.05, 3.63) is 96.1 Å². The Balaban J connectivity index is 2.48. The second-order valence-corrected chi connectivity index (χ2v) is 9.87. The standard InChI is InChI=1S/C33H40O8/c1-9-13-23-19-25(15-17-27(23)38-31(21(5)34)40-29(36)11-3)33(7,8)26-16-18-28(24(20-26)14-10-2)39-32(22(6)35)41-30(37)12-4/h9-22,31-32,34-35H,3-4H2,1-2,5-8H3. The molecule has 0 aliphatic carbocycles. The maximum Gasteiger partial charge on any atom is 0.333 e. The van der Waals surface area contributed by atoms with Gasteiger partial charge in [-0.3, -0.25) is 0 Å². The van der Waals surface area contributed by atoms with Crippen molar-refractivity contribution >= 4 is 24.1 Å². The Morgan fingerprint density at radius 2 is 1.12 bits per heavy atom. The van der Waals surface area contributed by atoms with Crippen molar-refractivity contribution in [2.45, 2.75) is 71.7 Å². The van der Waals surface area contributed by atoms with Gasteiger partial charge < -0.3 is 29.2 Å². The summed E-state index contributed by atoms with van der Waals surface area (Å²) in [7, 11) is 0. The quantitative estimate of drug-likeness (QED) is 0.171. The van der Waals surface area contributed by atoms with E-state index in [-0.39, 0.29) is 0 Å². The van der Waals surface area contributed by atoms with Crippen LogP contribution in [0.15, 0.2) is 73.9 Å². The van der Waals surface area contributed by atoms with E-state index in [1.807, 2.05) is 62.4 Å². The molecular formula is C33H40O8. The average Bonchev–Trinajstić information content (AvgIpc) is 2.93. The Bertz CT molecular complexity index is 1190. The highest BCUT2D eigenvalue weighted by atomic mass is 16.7. The molecule has 0 aromatic heterocycles. The third-order valence-corrected chi connectivity index (χ3v) is 6.23. The third kappa shape index (κ3) is 8.93. The maximum atomic E-state index is 11.7. The lowest BCUT2D eigenvalue weighted by molar-refractivity contribution is -0.172. The molecule has 0 spiro atoms. The van der Waals surface area contributed by atoms with Crippen LogP contribution in [0.5, 0.6) is 11.5 Å². The van der Waals surface area contributed by atoms with Gasteiger partial charge in [0.15, 0.2) is 0 Å². The summed E-state index contributed by atoms with van der Waals surface area (Å²) in [6, 6.07) is 11.3. The van der Waals surface area contributed by atoms with Gasteiger partial charge in [0.25, 0.3) is 12.6 Å². The largest absolute Gasteiger partial charge is 0.451 e. The highest BCUT2D eigenvalue weighted by molar-refractivity contribution is 5.81. The van der Waals surface area contributed by atoms with E-state index < -0.39 is 42.1 Å². The minimum absolute atomic E-state index is 0.432. The van der Waals surface area contributed by atoms with Gasteiger partial charge in [-0.1, -0.05) is 63.4 Å². The average molecular weight is 565 g/mol. The van der Waals surface area contributed by atoms with E-state index in [1.165, 1.54) is 13.8 Å². The topological polar surface area (TPSA) is 112 Å². The van der Waals surface area contributed by atoms with Crippen LogP contribution in [0, 0.1) is 0 Å². The van der Waals surface area contributed by atoms with Gasteiger partial charge in [0.1, 0.15) is 23.7 Å². The fraction of sp³-hybridized carbons (Fsp3) is 0.333. The number of hydrogen-bond acceptors (Lipinski definition) is 8. The minimum atomic E-state index is -1.21. The van der Waals surface area contributed by atoms with Crippen LogP contribution in [-0.4, -0.2) is 46.9 Å². The number of hydrogen-bond donors (Lipinski definition) is 2. The Kier molecular flexibility index (Phi) is 12.1. The summed E-state index contributed by atoms with van der Waals surface area (Å²) in [6.07, 6.45) is 4.90. The second-order valence-electron chi connectivity index (χ2n) is 9.87. The number of ether oxygens (including phenoxy) is 4. The molecule has 0 fully saturated rings. The zero-order chi connectivity index (χ0) is 30.7. The summed E-state index contributed by atoms with van der Waals surface area (Å²) in [5.74, 6) is -0.544. The number of carbonyl (C=O) groups excluding carboxylic acids is 2. The smallest absolute Gasteiger partial charge is 0.333 e. The predicted molar refractivity (Wildman–Crippen MR) is 159 cm³/mol. The van der Waals surface area contributed by atoms with Crippen molar-refractivity contribution in [3.63, 3.8) is 0 Å². The molecule has 0 heterocycles. The van der Waals surface area contributed by atoms with Gasteiger partial charge in [0, 0.05) is 28.7 Å². The van der Waals surface area contributed by atoms with Crippen LogP contribution in [0.4, 0.5) is 0 Å². The Labute approximate surface area is 242 Å². The molecule has 2 rings (SSSR count). The molecule has 41 heavy (non-hydrogen) atoms. The molecule has 2 aromatic carbocycles. The van der Waals surface area contributed by atoms with Gasteiger partial charge in [-0.05, 0) is 63.1 Å². The van der Waals surface area contributed by atoms with Crippen molar-refractivity contribution < 1.29 is 38.7 Å². The molecule has 0 saturated heterocycles. The first-order valence-electron chi connectivity index (χ1n) is 13.3. The molecular weight excluding hydrogens is 524 g/mol. The Morgan fingerprint density at radius 1 is 0.756 bits per heavy atom. The van der Waals surface area contributed by atoms with Crippen LogP contribution in [0.2, 0.25) is 0 Å². The van der Waals surface area contributed by atoms with Crippen molar-refractivity contribution in [3.8, 4) is 11.5 Å². The third-order valence-electron chi connectivity index (χ3n) is 6.23. The molecule has 0 amide bonds. The summed E-state index contributed by atoms with van der Waals surface area (Å²) in [4.78, 5) is 23.4. The van der Waals surface area contributed by atoms with Gasteiger partial charge >= 0.3 is 11.9 Å². The molecule has 0 radical (unpaired) electrons. The summed E-state index contributed by atoms with van der Waals surface area (Å²) in [6.45, 7) is 17.6. The summed E-state index contributed by atoms with van der Waals surface area (Å²) >= 11 is 0. The number of aliphatic hydroxyl groups excluding tert-OH is 2. The number of rotatable bonds is 14. The van der Waals surface area contributed by atoms with Crippen molar-refractivity contribution in [2.24, 2.45) is 0 Å². The SMILES string of the molecule is C=CC(=O)OC(Oc1ccc(C(C)(C)c2ccc(OC(OC(=O)C=C)C(C)O)c(C=CC)c2)cc1C=CC)C(C)O. The van der Waals surface area contributed by atoms with E-state index in [2.05, 4.69) is 27.0 Å². The number of aliphatic hydroxyl groups is 2. The van der Waals surface area contributed by atoms with Crippen LogP contribution < -0.4 is 9.47 Å². The van der Waals surface area contributed by atoms with E-state index in [4.69, 9.17) is 18.9 Å². The highest BCUT2D eigenvalue weighted by Gasteiger charge is 2.28. The maximum absolute atomic E-state index is 11.7. The lowest BCUT2D eigenvalue weighted by Gasteiger charge is -2.29. The molecule has 0 saturated carbocycles. The summed E-state index contributed by atoms with van der Waals surface area (Å²) < 4.78 is 22.1. The lowest BCUT2D eigenvalue weighted by Crippen LogP contribution is -2.34. The molecule has 4 atom stereocenters. The molecule has 220 valence electrons. The molecule has 0 aliphatic rings. The van der Waals surface area contributed by atoms with E-state index in [1.54, 1.807) is 12.1 Å². The van der Waals surface area contributed by atoms with Gasteiger partial charge in [0.2, 0.25) is 0 Å². The van der Waals surface area contributed by atoms with E-state index in [9.17, 15) is 19.8 Å². The number of benzene rings is 2. The van der Waals surface area contributed by atoms with Gasteiger partial charge in [0.05, 0.1) is 0 Å². The molecule has 4 unspecified atom stereocenters. The van der Waals surface area contributed by atoms with Gasteiger partial charge in [-0.15, -0.1) is 0 Å². The summed E-state index contributed by atoms with van der Waals surface area (Å²) in [5.41, 5.74) is 2.92. The van der Waals surface area contributed by atoms with Crippen LogP contribution in [-0.2, 0) is 24.5 Å². The molecule has 8 heteroatoms. The number of allylic oxidation sites excluding steroid dienone is 2. The fourth-order valence-corrected chi connectivity index (χ4v) is 3.89. The number of esters is 2. The zero-order valence-electron chi connectivity index (χ0n) is 24.5. The molecule has 8 nitrogen and oxygen atoms in total. The van der Waals surface area contributed by atoms with Crippen LogP contribution in [0.25, 0.3) is 12.2 Å². The first kappa shape index (κ1) is 33.1.